The predicted molar refractivity (Wildman–Crippen MR) is 243 cm³/mol. The van der Waals surface area contributed by atoms with Gasteiger partial charge in [-0.3, -0.25) is 14.4 Å². The Kier molecular flexibility index (Phi) is 21.7. The van der Waals surface area contributed by atoms with E-state index < -0.39 is 0 Å². The lowest BCUT2D eigenvalue weighted by molar-refractivity contribution is -0.119. The monoisotopic (exact) mass is 1020 g/mol. The van der Waals surface area contributed by atoms with Crippen LogP contribution < -0.4 is 4.74 Å². The van der Waals surface area contributed by atoms with Gasteiger partial charge in [-0.1, -0.05) is 91.4 Å². The minimum Gasteiger partial charge on any atom is -0.508 e. The molecule has 0 radical (unpaired) electrons. The molecule has 0 fully saturated rings. The van der Waals surface area contributed by atoms with Crippen LogP contribution >= 0.6 is 63.7 Å². The number of aromatic hydroxyl groups is 1. The Morgan fingerprint density at radius 2 is 1.12 bits per heavy atom. The highest BCUT2D eigenvalue weighted by Crippen LogP contribution is 2.29. The van der Waals surface area contributed by atoms with E-state index in [0.717, 1.165) is 95.5 Å². The van der Waals surface area contributed by atoms with E-state index in [2.05, 4.69) is 104 Å². The van der Waals surface area contributed by atoms with Crippen molar-refractivity contribution in [1.82, 2.24) is 0 Å². The fourth-order valence-corrected chi connectivity index (χ4v) is 6.55. The molecular formula is C45H50Br4O7. The zero-order valence-electron chi connectivity index (χ0n) is 33.2. The van der Waals surface area contributed by atoms with E-state index in [9.17, 15) is 19.5 Å². The number of phenolic OH excluding ortho intramolecular Hbond substituents is 1. The summed E-state index contributed by atoms with van der Waals surface area (Å²) in [5.74, 6) is 1.39. The van der Waals surface area contributed by atoms with Crippen molar-refractivity contribution in [2.75, 3.05) is 11.9 Å². The number of hydrogen-bond acceptors (Lipinski definition) is 7. The molecular weight excluding hydrogens is 972 g/mol. The molecule has 2 heterocycles. The molecule has 0 unspecified atom stereocenters. The van der Waals surface area contributed by atoms with Crippen LogP contribution in [0.3, 0.4) is 0 Å². The first-order chi connectivity index (χ1) is 26.6. The Hall–Kier alpha value is -3.51. The third-order valence-electron chi connectivity index (χ3n) is 8.22. The first-order valence-electron chi connectivity index (χ1n) is 18.2. The van der Waals surface area contributed by atoms with Crippen molar-refractivity contribution in [2.45, 2.75) is 81.1 Å². The van der Waals surface area contributed by atoms with Crippen LogP contribution in [-0.4, -0.2) is 34.9 Å². The topological polar surface area (TPSA) is 107 Å². The van der Waals surface area contributed by atoms with Gasteiger partial charge in [-0.25, -0.2) is 0 Å². The molecule has 0 aliphatic heterocycles. The Labute approximate surface area is 364 Å². The summed E-state index contributed by atoms with van der Waals surface area (Å²) in [6, 6.07) is 19.2. The largest absolute Gasteiger partial charge is 0.508 e. The number of aldehydes is 1. The van der Waals surface area contributed by atoms with Crippen LogP contribution in [-0.2, 0) is 35.3 Å². The van der Waals surface area contributed by atoms with Gasteiger partial charge in [0, 0.05) is 29.8 Å². The van der Waals surface area contributed by atoms with Crippen LogP contribution in [0.2, 0.25) is 0 Å². The SMILES string of the molecule is CC(=O)CBr.CCc1cc(Br)cc2c(C)coc12.CCc1cc(Br)ccc1O.CCc1cc(Br)ccc1OCC(C)=O.CCc1cc(C=O)cc2c(C)coc12. The number of ketones is 2. The molecule has 6 rings (SSSR count). The van der Waals surface area contributed by atoms with Crippen LogP contribution in [0.15, 0.2) is 95.4 Å². The molecule has 0 spiro atoms. The highest BCUT2D eigenvalue weighted by Gasteiger charge is 2.09. The molecule has 0 amide bonds. The van der Waals surface area contributed by atoms with Gasteiger partial charge in [-0.05, 0) is 147 Å². The Balaban J connectivity index is 0.000000249. The molecule has 0 saturated heterocycles. The third-order valence-corrected chi connectivity index (χ3v) is 10.5. The molecule has 0 bridgehead atoms. The molecule has 11 heteroatoms. The molecule has 0 aliphatic rings. The highest BCUT2D eigenvalue weighted by molar-refractivity contribution is 9.11. The standard InChI is InChI=1S/C12H12O2.C11H13BrO2.C11H11BrO.C8H9BrO.C3H5BrO/c1-3-10-4-9(6-13)5-11-8(2)7-14-12(10)11;1-3-9-6-10(12)4-5-11(9)14-7-8(2)13;1-3-8-4-9(12)5-10-7(2)6-13-11(8)10;1-2-6-5-7(9)3-4-8(6)10;1-3(5)2-4/h4-7H,3H2,1-2H3;4-6H,3,7H2,1-2H3;4-6H,3H2,1-2H3;3-5,10H,2H2,1H3;2H2,1H3. The van der Waals surface area contributed by atoms with Gasteiger partial charge in [-0.2, -0.15) is 0 Å². The second-order valence-corrected chi connectivity index (χ2v) is 16.0. The third kappa shape index (κ3) is 15.4. The number of benzene rings is 4. The maximum atomic E-state index is 10.7. The zero-order chi connectivity index (χ0) is 41.9. The smallest absolute Gasteiger partial charge is 0.167 e. The molecule has 4 aromatic carbocycles. The number of Topliss-reactive ketones (excluding diaryl/α,β-unsaturated/α-hetero) is 2. The number of carbonyl (C=O) groups excluding carboxylic acids is 3. The first kappa shape index (κ1) is 48.6. The number of halogens is 4. The molecule has 0 atom stereocenters. The summed E-state index contributed by atoms with van der Waals surface area (Å²) in [5.41, 5.74) is 9.40. The van der Waals surface area contributed by atoms with Crippen LogP contribution in [0.5, 0.6) is 11.5 Å². The van der Waals surface area contributed by atoms with Crippen LogP contribution in [0.4, 0.5) is 0 Å². The number of fused-ring (bicyclic) bond motifs is 2. The number of alkyl halides is 1. The van der Waals surface area contributed by atoms with E-state index >= 15 is 0 Å². The summed E-state index contributed by atoms with van der Waals surface area (Å²) < 4.78 is 19.5. The van der Waals surface area contributed by atoms with Gasteiger partial charge in [0.2, 0.25) is 0 Å². The van der Waals surface area contributed by atoms with Crippen molar-refractivity contribution in [1.29, 1.82) is 0 Å². The van der Waals surface area contributed by atoms with Crippen molar-refractivity contribution in [3.8, 4) is 11.5 Å². The number of phenols is 1. The predicted octanol–water partition coefficient (Wildman–Crippen LogP) is 13.8. The molecule has 56 heavy (non-hydrogen) atoms. The van der Waals surface area contributed by atoms with Gasteiger partial charge in [0.25, 0.3) is 0 Å². The minimum absolute atomic E-state index is 0.0370. The van der Waals surface area contributed by atoms with Crippen molar-refractivity contribution in [3.05, 3.63) is 126 Å². The molecule has 300 valence electrons. The summed E-state index contributed by atoms with van der Waals surface area (Å²) in [6.45, 7) is 15.5. The maximum Gasteiger partial charge on any atom is 0.167 e. The fourth-order valence-electron chi connectivity index (χ4n) is 5.22. The number of carbonyl (C=O) groups is 3. The van der Waals surface area contributed by atoms with E-state index in [1.54, 1.807) is 12.3 Å². The Bertz CT molecular complexity index is 2200. The van der Waals surface area contributed by atoms with E-state index in [0.29, 0.717) is 11.1 Å². The summed E-state index contributed by atoms with van der Waals surface area (Å²) in [5, 5.41) is 12.0. The Morgan fingerprint density at radius 3 is 1.59 bits per heavy atom. The van der Waals surface area contributed by atoms with Gasteiger partial charge in [0.1, 0.15) is 41.3 Å². The normalized spacial score (nSPS) is 10.1. The second kappa shape index (κ2) is 25.0. The lowest BCUT2D eigenvalue weighted by Gasteiger charge is -2.09. The molecule has 1 N–H and O–H groups in total. The second-order valence-electron chi connectivity index (χ2n) is 12.7. The van der Waals surface area contributed by atoms with Crippen LogP contribution in [0.1, 0.15) is 85.3 Å². The minimum atomic E-state index is 0.0370. The van der Waals surface area contributed by atoms with Crippen molar-refractivity contribution < 1.29 is 33.1 Å². The van der Waals surface area contributed by atoms with Gasteiger partial charge < -0.3 is 18.7 Å². The van der Waals surface area contributed by atoms with E-state index in [-0.39, 0.29) is 18.2 Å². The van der Waals surface area contributed by atoms with Crippen molar-refractivity contribution in [3.63, 3.8) is 0 Å². The maximum absolute atomic E-state index is 10.7. The number of aryl methyl sites for hydroxylation is 6. The number of furan rings is 2. The lowest BCUT2D eigenvalue weighted by atomic mass is 10.0. The number of ether oxygens (including phenoxy) is 1. The van der Waals surface area contributed by atoms with Gasteiger partial charge >= 0.3 is 0 Å². The number of rotatable bonds is 9. The summed E-state index contributed by atoms with van der Waals surface area (Å²) >= 11 is 13.2. The molecule has 6 aromatic rings. The van der Waals surface area contributed by atoms with Crippen LogP contribution in [0, 0.1) is 13.8 Å². The molecule has 2 aromatic heterocycles. The average molecular weight is 1020 g/mol. The van der Waals surface area contributed by atoms with Gasteiger partial charge in [-0.15, -0.1) is 0 Å². The number of hydrogen-bond donors (Lipinski definition) is 1. The summed E-state index contributed by atoms with van der Waals surface area (Å²) in [6.07, 6.45) is 8.08. The quantitative estimate of drug-likeness (QED) is 0.114. The van der Waals surface area contributed by atoms with Gasteiger partial charge in [0.05, 0.1) is 17.9 Å². The van der Waals surface area contributed by atoms with E-state index in [4.69, 9.17) is 13.6 Å². The molecule has 0 saturated carbocycles. The van der Waals surface area contributed by atoms with E-state index in [1.807, 2.05) is 62.6 Å². The van der Waals surface area contributed by atoms with Crippen molar-refractivity contribution >= 4 is 104 Å². The summed E-state index contributed by atoms with van der Waals surface area (Å²) in [4.78, 5) is 31.2. The fraction of sp³-hybridized carbons (Fsp3) is 0.311. The molecule has 7 nitrogen and oxygen atoms in total. The lowest BCUT2D eigenvalue weighted by Crippen LogP contribution is -2.07. The summed E-state index contributed by atoms with van der Waals surface area (Å²) in [7, 11) is 0. The Morgan fingerprint density at radius 1 is 0.661 bits per heavy atom. The first-order valence-corrected chi connectivity index (χ1v) is 21.7. The van der Waals surface area contributed by atoms with Crippen LogP contribution in [0.25, 0.3) is 21.9 Å². The molecule has 0 aliphatic carbocycles. The van der Waals surface area contributed by atoms with E-state index in [1.165, 1.54) is 30.4 Å². The average Bonchev–Trinajstić information content (AvgIpc) is 3.76. The van der Waals surface area contributed by atoms with Gasteiger partial charge in [0.15, 0.2) is 5.78 Å². The highest BCUT2D eigenvalue weighted by atomic mass is 79.9. The van der Waals surface area contributed by atoms with Crippen molar-refractivity contribution in [2.24, 2.45) is 0 Å². The zero-order valence-corrected chi connectivity index (χ0v) is 39.5.